The highest BCUT2D eigenvalue weighted by Crippen LogP contribution is 2.41. The number of alkyl halides is 10. The van der Waals surface area contributed by atoms with Crippen LogP contribution in [0.4, 0.5) is 54.2 Å². The number of β-lactam (4-membered cyclic amide) rings is 2. The lowest BCUT2D eigenvalue weighted by atomic mass is 9.94. The number of thiophene rings is 2. The van der Waals surface area contributed by atoms with E-state index in [1.807, 2.05) is 68.7 Å². The molecule has 0 bridgehead atoms. The Kier molecular flexibility index (Phi) is 21.5. The lowest BCUT2D eigenvalue weighted by Gasteiger charge is -2.49. The molecule has 0 radical (unpaired) electrons. The third kappa shape index (κ3) is 16.1. The van der Waals surface area contributed by atoms with Gasteiger partial charge in [0.1, 0.15) is 40.8 Å². The second kappa shape index (κ2) is 28.0. The molecule has 4 aliphatic heterocycles. The Balaban J connectivity index is 0.000000206. The van der Waals surface area contributed by atoms with E-state index in [0.29, 0.717) is 21.3 Å². The lowest BCUT2D eigenvalue weighted by molar-refractivity contribution is -0.660. The summed E-state index contributed by atoms with van der Waals surface area (Å²) in [7, 11) is -6.09. The number of carbonyl (C=O) groups is 7. The molecule has 0 aliphatic carbocycles. The zero-order valence-corrected chi connectivity index (χ0v) is 49.0. The quantitative estimate of drug-likeness (QED) is 0.0154. The van der Waals surface area contributed by atoms with Crippen LogP contribution in [0.15, 0.2) is 102 Å². The van der Waals surface area contributed by atoms with Gasteiger partial charge in [0, 0.05) is 34.4 Å². The number of hydrogen-bond donors (Lipinski definition) is 6. The van der Waals surface area contributed by atoms with Crippen LogP contribution in [-0.2, 0) is 66.4 Å². The smallest absolute Gasteiger partial charge is 0.485 e. The number of rotatable bonds is 16. The number of nitrogens with zero attached hydrogens (tertiary/aromatic N) is 8. The summed E-state index contributed by atoms with van der Waals surface area (Å²) in [6, 6.07) is 8.07. The van der Waals surface area contributed by atoms with Crippen molar-refractivity contribution in [2.75, 3.05) is 23.0 Å². The molecule has 10 rings (SSSR count). The van der Waals surface area contributed by atoms with Crippen molar-refractivity contribution in [3.05, 3.63) is 103 Å². The number of carbonyl (C=O) groups excluding carboxylic acids is 5. The van der Waals surface area contributed by atoms with Gasteiger partial charge in [-0.05, 0) is 35.0 Å². The zero-order chi connectivity index (χ0) is 65.6. The molecule has 6 aromatic rings. The van der Waals surface area contributed by atoms with Crippen LogP contribution in [-0.4, -0.2) is 156 Å². The molecular formula is C45H34F10N12O15S7. The van der Waals surface area contributed by atoms with E-state index in [0.717, 1.165) is 52.9 Å². The number of nitrogens with one attached hydrogen (secondary N) is 2. The average Bonchev–Trinajstić information content (AvgIpc) is 1.70. The summed E-state index contributed by atoms with van der Waals surface area (Å²) in [5, 5.41) is 48.6. The fourth-order valence-corrected chi connectivity index (χ4v) is 13.5. The van der Waals surface area contributed by atoms with Gasteiger partial charge in [-0.3, -0.25) is 29.0 Å². The highest BCUT2D eigenvalue weighted by molar-refractivity contribution is 8.03. The van der Waals surface area contributed by atoms with E-state index in [1.54, 1.807) is 0 Å². The molecule has 8 N–H and O–H groups in total. The van der Waals surface area contributed by atoms with Crippen molar-refractivity contribution in [2.24, 2.45) is 10.3 Å². The highest BCUT2D eigenvalue weighted by Gasteiger charge is 2.56. The largest absolute Gasteiger partial charge is 0.741 e. The minimum atomic E-state index is -6.09. The number of carboxylic acid groups (broad SMARTS) is 3. The number of carboxylic acids is 3. The van der Waals surface area contributed by atoms with Crippen molar-refractivity contribution in [3.63, 3.8) is 0 Å². The maximum atomic E-state index is 13.0. The molecule has 0 saturated carbocycles. The number of allylic oxidation sites excluding steroid dienone is 2. The highest BCUT2D eigenvalue weighted by atomic mass is 32.2. The Hall–Kier alpha value is -8.30. The number of pyridine rings is 2. The summed E-state index contributed by atoms with van der Waals surface area (Å²) >= 11 is 7.51. The average molecular weight is 1400 g/mol. The van der Waals surface area contributed by atoms with Crippen LogP contribution in [0.25, 0.3) is 20.4 Å². The number of anilines is 2. The van der Waals surface area contributed by atoms with Crippen LogP contribution in [0.1, 0.15) is 11.4 Å². The Morgan fingerprint density at radius 1 is 0.697 bits per heavy atom. The number of thiazole rings is 2. The number of aromatic nitrogens is 4. The third-order valence-electron chi connectivity index (χ3n) is 11.8. The number of oxime groups is 2. The van der Waals surface area contributed by atoms with Gasteiger partial charge >= 0.3 is 36.8 Å². The van der Waals surface area contributed by atoms with Crippen molar-refractivity contribution in [2.45, 2.75) is 62.2 Å². The van der Waals surface area contributed by atoms with Gasteiger partial charge in [-0.25, -0.2) is 28.0 Å². The minimum Gasteiger partial charge on any atom is -0.741 e. The first kappa shape index (κ1) is 68.2. The number of nitrogen functional groups attached to an aromatic ring is 2. The van der Waals surface area contributed by atoms with Gasteiger partial charge in [0.15, 0.2) is 57.3 Å². The monoisotopic (exact) mass is 1400 g/mol. The molecule has 0 spiro atoms. The molecule has 44 heteroatoms. The molecule has 27 nitrogen and oxygen atoms in total. The van der Waals surface area contributed by atoms with Gasteiger partial charge in [0.25, 0.3) is 33.3 Å². The van der Waals surface area contributed by atoms with E-state index in [-0.39, 0.29) is 46.1 Å². The van der Waals surface area contributed by atoms with E-state index in [2.05, 4.69) is 40.6 Å². The van der Waals surface area contributed by atoms with Crippen LogP contribution in [0.3, 0.4) is 0 Å². The molecule has 476 valence electrons. The van der Waals surface area contributed by atoms with Crippen LogP contribution in [0, 0.1) is 0 Å². The van der Waals surface area contributed by atoms with Gasteiger partial charge in [-0.1, -0.05) is 33.0 Å². The molecule has 2 saturated heterocycles. The molecular weight excluding hydrogens is 1360 g/mol. The lowest BCUT2D eigenvalue weighted by Crippen LogP contribution is -2.73. The van der Waals surface area contributed by atoms with Gasteiger partial charge < -0.3 is 56.4 Å². The molecule has 2 fully saturated rings. The second-order valence-electron chi connectivity index (χ2n) is 17.3. The van der Waals surface area contributed by atoms with Crippen molar-refractivity contribution in [3.8, 4) is 0 Å². The van der Waals surface area contributed by atoms with E-state index < -0.39 is 112 Å². The molecule has 0 aromatic carbocycles. The van der Waals surface area contributed by atoms with E-state index in [9.17, 15) is 82.9 Å². The summed E-state index contributed by atoms with van der Waals surface area (Å²) in [6.45, 7) is -6.06. The first-order valence-electron chi connectivity index (χ1n) is 23.6. The van der Waals surface area contributed by atoms with E-state index in [4.69, 9.17) is 34.3 Å². The molecule has 6 aromatic heterocycles. The summed E-state index contributed by atoms with van der Waals surface area (Å²) in [6.07, 6.45) is -1.51. The predicted octanol–water partition coefficient (Wildman–Crippen LogP) is 2.57. The first-order valence-corrected chi connectivity index (χ1v) is 30.5. The fourth-order valence-electron chi connectivity index (χ4n) is 8.11. The van der Waals surface area contributed by atoms with Crippen LogP contribution in [0.2, 0.25) is 0 Å². The van der Waals surface area contributed by atoms with Crippen LogP contribution < -0.4 is 36.3 Å². The van der Waals surface area contributed by atoms with E-state index >= 15 is 0 Å². The van der Waals surface area contributed by atoms with Gasteiger partial charge in [0.05, 0.1) is 32.7 Å². The van der Waals surface area contributed by atoms with Gasteiger partial charge in [-0.2, -0.15) is 53.0 Å². The molecule has 4 unspecified atom stereocenters. The maximum absolute atomic E-state index is 13.0. The van der Waals surface area contributed by atoms with Gasteiger partial charge in [0.2, 0.25) is 0 Å². The summed E-state index contributed by atoms with van der Waals surface area (Å²) in [5.41, 5.74) is 3.80. The van der Waals surface area contributed by atoms with Crippen molar-refractivity contribution in [1.29, 1.82) is 0 Å². The van der Waals surface area contributed by atoms with Crippen molar-refractivity contribution < 1.29 is 125 Å². The predicted molar refractivity (Wildman–Crippen MR) is 291 cm³/mol. The Morgan fingerprint density at radius 2 is 1.06 bits per heavy atom. The summed E-state index contributed by atoms with van der Waals surface area (Å²) in [5.74, 6) is -8.17. The summed E-state index contributed by atoms with van der Waals surface area (Å²) < 4.78 is 144. The van der Waals surface area contributed by atoms with Crippen LogP contribution >= 0.6 is 68.9 Å². The van der Waals surface area contributed by atoms with Crippen LogP contribution in [0.5, 0.6) is 0 Å². The number of thioether (sulfide) groups is 2. The molecule has 4 atom stereocenters. The second-order valence-corrected chi connectivity index (χ2v) is 24.5. The van der Waals surface area contributed by atoms with E-state index in [1.165, 1.54) is 57.0 Å². The summed E-state index contributed by atoms with van der Waals surface area (Å²) in [4.78, 5) is 106. The number of amides is 4. The normalized spacial score (nSPS) is 18.5. The number of fused-ring (bicyclic) bond motifs is 4. The fraction of sp³-hybridized carbons (Fsp3) is 0.267. The number of aliphatic carboxylic acids is 3. The Morgan fingerprint density at radius 3 is 1.35 bits per heavy atom. The zero-order valence-electron chi connectivity index (χ0n) is 43.3. The van der Waals surface area contributed by atoms with Crippen molar-refractivity contribution >= 4 is 163 Å². The van der Waals surface area contributed by atoms with Crippen molar-refractivity contribution in [1.82, 2.24) is 30.4 Å². The number of hydrogen-bond acceptors (Lipinski definition) is 25. The molecule has 4 amide bonds. The first-order chi connectivity index (χ1) is 41.7. The third-order valence-corrected chi connectivity index (χ3v) is 18.0. The molecule has 4 aliphatic rings. The van der Waals surface area contributed by atoms with Gasteiger partial charge in [-0.15, -0.1) is 46.2 Å². The Labute approximate surface area is 513 Å². The molecule has 10 heterocycles. The Bertz CT molecular complexity index is 3770. The standard InChI is InChI=1S/2C21H16F2N6O5S3.C2HF3O2.CHF3O3S/c2*22-20(23)34-27-13(10-7-37-21(24)25-10)16(30)26-14-11-8-36-12(15(19(32)33)29(11)17(14)31)6-28-4-1-2-9-3-5-35-18(9)28;3-2(4,5)1(6)7;2-1(3,4)8(5,6)7/h2*1-5,7,11,14,20H,6,8H2,(H3-,24,25,26,30,32,33);(H,6,7);(H,5,6,7). The maximum Gasteiger partial charge on any atom is 0.485 e. The number of nitrogens with two attached hydrogens (primary N) is 2. The molecule has 89 heavy (non-hydrogen) atoms. The SMILES string of the molecule is Nc1nc(C(=NOC(F)F)C(=O)NC2C(=O)N3C(C(=O)O)=C(C[n+]4cccc5ccsc54)SCC23)cs1.Nc1nc(C(=NOC(F)F)C(=O)NC2C(=O)N3C(C(=O)O)=C(C[n+]4cccc5ccsc54)SCC23)cs1.O=C([O-])C(F)(F)F.O=S(=O)([O-])C(F)(F)F. The topological polar surface area (TPSA) is 400 Å². The number of halogens is 10. The minimum absolute atomic E-state index is 0.0713.